The Bertz CT molecular complexity index is 542. The molecule has 0 amide bonds. The molecule has 0 fully saturated rings. The van der Waals surface area contributed by atoms with E-state index >= 15 is 0 Å². The third kappa shape index (κ3) is 3.17. The smallest absolute Gasteiger partial charge is 0.160 e. The van der Waals surface area contributed by atoms with Crippen LogP contribution in [0.1, 0.15) is 17.3 Å². The summed E-state index contributed by atoms with van der Waals surface area (Å²) >= 11 is 4.91. The molecule has 86 valence electrons. The standard InChI is InChI=1S/C13H10BrNOS/c1-9(16)11-6-5-10(14)8-12(11)17-13-4-2-3-7-15-13/h2-8H,1H3. The number of pyridine rings is 1. The zero-order valence-corrected chi connectivity index (χ0v) is 11.6. The van der Waals surface area contributed by atoms with Gasteiger partial charge in [-0.2, -0.15) is 0 Å². The third-order valence-electron chi connectivity index (χ3n) is 2.18. The van der Waals surface area contributed by atoms with Crippen LogP contribution in [0.3, 0.4) is 0 Å². The van der Waals surface area contributed by atoms with Crippen LogP contribution in [0.5, 0.6) is 0 Å². The number of rotatable bonds is 3. The van der Waals surface area contributed by atoms with Crippen molar-refractivity contribution < 1.29 is 4.79 Å². The van der Waals surface area contributed by atoms with Crippen LogP contribution in [-0.2, 0) is 0 Å². The van der Waals surface area contributed by atoms with Gasteiger partial charge in [0, 0.05) is 21.1 Å². The number of benzene rings is 1. The van der Waals surface area contributed by atoms with Crippen molar-refractivity contribution >= 4 is 33.5 Å². The lowest BCUT2D eigenvalue weighted by atomic mass is 10.1. The number of halogens is 1. The van der Waals surface area contributed by atoms with E-state index in [1.807, 2.05) is 36.4 Å². The maximum atomic E-state index is 11.5. The summed E-state index contributed by atoms with van der Waals surface area (Å²) in [6.45, 7) is 1.58. The van der Waals surface area contributed by atoms with Gasteiger partial charge in [-0.15, -0.1) is 0 Å². The van der Waals surface area contributed by atoms with Gasteiger partial charge in [-0.3, -0.25) is 4.79 Å². The molecular formula is C13H10BrNOS. The zero-order valence-electron chi connectivity index (χ0n) is 9.18. The van der Waals surface area contributed by atoms with Crippen molar-refractivity contribution in [1.82, 2.24) is 4.98 Å². The summed E-state index contributed by atoms with van der Waals surface area (Å²) in [4.78, 5) is 16.7. The molecule has 0 saturated carbocycles. The van der Waals surface area contributed by atoms with E-state index in [0.717, 1.165) is 20.0 Å². The fourth-order valence-electron chi connectivity index (χ4n) is 1.39. The van der Waals surface area contributed by atoms with E-state index in [0.29, 0.717) is 0 Å². The fourth-order valence-corrected chi connectivity index (χ4v) is 2.90. The minimum atomic E-state index is 0.0657. The highest BCUT2D eigenvalue weighted by Crippen LogP contribution is 2.31. The first-order valence-corrected chi connectivity index (χ1v) is 6.67. The van der Waals surface area contributed by atoms with Crippen molar-refractivity contribution in [3.8, 4) is 0 Å². The van der Waals surface area contributed by atoms with E-state index in [1.54, 1.807) is 13.1 Å². The van der Waals surface area contributed by atoms with Gasteiger partial charge < -0.3 is 0 Å². The van der Waals surface area contributed by atoms with Crippen molar-refractivity contribution in [3.05, 3.63) is 52.6 Å². The number of ketones is 1. The second kappa shape index (κ2) is 5.47. The Hall–Kier alpha value is -1.13. The van der Waals surface area contributed by atoms with Crippen LogP contribution in [0.2, 0.25) is 0 Å². The molecule has 0 saturated heterocycles. The largest absolute Gasteiger partial charge is 0.294 e. The van der Waals surface area contributed by atoms with Crippen LogP contribution in [-0.4, -0.2) is 10.8 Å². The molecule has 0 spiro atoms. The molecule has 2 nitrogen and oxygen atoms in total. The van der Waals surface area contributed by atoms with Crippen molar-refractivity contribution in [2.24, 2.45) is 0 Å². The van der Waals surface area contributed by atoms with E-state index < -0.39 is 0 Å². The number of hydrogen-bond donors (Lipinski definition) is 0. The maximum Gasteiger partial charge on any atom is 0.160 e. The second-order valence-electron chi connectivity index (χ2n) is 3.47. The van der Waals surface area contributed by atoms with Gasteiger partial charge in [0.1, 0.15) is 5.03 Å². The molecule has 2 aromatic rings. The molecule has 0 atom stereocenters. The highest BCUT2D eigenvalue weighted by Gasteiger charge is 2.09. The van der Waals surface area contributed by atoms with Crippen molar-refractivity contribution in [2.75, 3.05) is 0 Å². The van der Waals surface area contributed by atoms with Crippen LogP contribution in [0.25, 0.3) is 0 Å². The highest BCUT2D eigenvalue weighted by atomic mass is 79.9. The molecule has 0 aliphatic carbocycles. The maximum absolute atomic E-state index is 11.5. The molecule has 4 heteroatoms. The number of nitrogens with zero attached hydrogens (tertiary/aromatic N) is 1. The molecule has 0 aliphatic heterocycles. The average molecular weight is 308 g/mol. The average Bonchev–Trinajstić information content (AvgIpc) is 2.30. The van der Waals surface area contributed by atoms with E-state index in [4.69, 9.17) is 0 Å². The second-order valence-corrected chi connectivity index (χ2v) is 5.44. The molecule has 1 aromatic carbocycles. The normalized spacial score (nSPS) is 10.2. The molecule has 0 unspecified atom stereocenters. The number of aromatic nitrogens is 1. The lowest BCUT2D eigenvalue weighted by molar-refractivity contribution is 0.101. The summed E-state index contributed by atoms with van der Waals surface area (Å²) in [5.41, 5.74) is 0.726. The van der Waals surface area contributed by atoms with Gasteiger partial charge in [0.05, 0.1) is 0 Å². The minimum absolute atomic E-state index is 0.0657. The summed E-state index contributed by atoms with van der Waals surface area (Å²) in [7, 11) is 0. The Labute approximate surface area is 113 Å². The molecule has 0 N–H and O–H groups in total. The molecule has 1 heterocycles. The molecule has 0 radical (unpaired) electrons. The van der Waals surface area contributed by atoms with Gasteiger partial charge in [0.2, 0.25) is 0 Å². The molecular weight excluding hydrogens is 298 g/mol. The lowest BCUT2D eigenvalue weighted by Crippen LogP contribution is -1.95. The summed E-state index contributed by atoms with van der Waals surface area (Å²) < 4.78 is 0.959. The predicted molar refractivity (Wildman–Crippen MR) is 72.5 cm³/mol. The Morgan fingerprint density at radius 3 is 2.76 bits per heavy atom. The summed E-state index contributed by atoms with van der Waals surface area (Å²) in [6, 6.07) is 11.4. The van der Waals surface area contributed by atoms with E-state index in [2.05, 4.69) is 20.9 Å². The van der Waals surface area contributed by atoms with Crippen LogP contribution in [0.4, 0.5) is 0 Å². The van der Waals surface area contributed by atoms with E-state index in [-0.39, 0.29) is 5.78 Å². The van der Waals surface area contributed by atoms with Crippen LogP contribution in [0, 0.1) is 0 Å². The van der Waals surface area contributed by atoms with Gasteiger partial charge in [0.25, 0.3) is 0 Å². The molecule has 17 heavy (non-hydrogen) atoms. The Morgan fingerprint density at radius 2 is 2.12 bits per heavy atom. The molecule has 1 aromatic heterocycles. The number of carbonyl (C=O) groups excluding carboxylic acids is 1. The first kappa shape index (κ1) is 12.3. The quantitative estimate of drug-likeness (QED) is 0.796. The van der Waals surface area contributed by atoms with Crippen molar-refractivity contribution in [2.45, 2.75) is 16.8 Å². The molecule has 0 bridgehead atoms. The van der Waals surface area contributed by atoms with Crippen molar-refractivity contribution in [1.29, 1.82) is 0 Å². The van der Waals surface area contributed by atoms with Gasteiger partial charge in [-0.25, -0.2) is 4.98 Å². The summed E-state index contributed by atoms with van der Waals surface area (Å²) in [6.07, 6.45) is 1.74. The number of carbonyl (C=O) groups is 1. The zero-order chi connectivity index (χ0) is 12.3. The first-order valence-electron chi connectivity index (χ1n) is 5.06. The van der Waals surface area contributed by atoms with E-state index in [9.17, 15) is 4.79 Å². The van der Waals surface area contributed by atoms with E-state index in [1.165, 1.54) is 11.8 Å². The van der Waals surface area contributed by atoms with Crippen LogP contribution >= 0.6 is 27.7 Å². The Balaban J connectivity index is 2.37. The van der Waals surface area contributed by atoms with Crippen molar-refractivity contribution in [3.63, 3.8) is 0 Å². The number of Topliss-reactive ketones (excluding diaryl/α,β-unsaturated/α-hetero) is 1. The Morgan fingerprint density at radius 1 is 1.29 bits per heavy atom. The number of hydrogen-bond acceptors (Lipinski definition) is 3. The monoisotopic (exact) mass is 307 g/mol. The topological polar surface area (TPSA) is 30.0 Å². The SMILES string of the molecule is CC(=O)c1ccc(Br)cc1Sc1ccccn1. The van der Waals surface area contributed by atoms with Gasteiger partial charge in [-0.1, -0.05) is 33.8 Å². The fraction of sp³-hybridized carbons (Fsp3) is 0.0769. The predicted octanol–water partition coefficient (Wildman–Crippen LogP) is 4.20. The summed E-state index contributed by atoms with van der Waals surface area (Å²) in [5.74, 6) is 0.0657. The van der Waals surface area contributed by atoms with Gasteiger partial charge >= 0.3 is 0 Å². The van der Waals surface area contributed by atoms with Crippen LogP contribution in [0.15, 0.2) is 57.0 Å². The first-order chi connectivity index (χ1) is 8.16. The van der Waals surface area contributed by atoms with Gasteiger partial charge in [0.15, 0.2) is 5.78 Å². The Kier molecular flexibility index (Phi) is 3.97. The summed E-state index contributed by atoms with van der Waals surface area (Å²) in [5, 5.41) is 0.883. The lowest BCUT2D eigenvalue weighted by Gasteiger charge is -2.06. The minimum Gasteiger partial charge on any atom is -0.294 e. The third-order valence-corrected chi connectivity index (χ3v) is 3.68. The van der Waals surface area contributed by atoms with Gasteiger partial charge in [-0.05, 0) is 37.3 Å². The highest BCUT2D eigenvalue weighted by molar-refractivity contribution is 9.10. The molecule has 2 rings (SSSR count). The molecule has 0 aliphatic rings. The van der Waals surface area contributed by atoms with Crippen LogP contribution < -0.4 is 0 Å².